The number of dihydropyridines is 1. The zero-order chi connectivity index (χ0) is 29.1. The van der Waals surface area contributed by atoms with E-state index in [1.165, 1.54) is 16.9 Å². The number of thiophene rings is 1. The Bertz CT molecular complexity index is 1620. The molecule has 3 aromatic carbocycles. The Hall–Kier alpha value is -3.98. The SMILES string of the molecule is Cc1c(C(=O)NC2C=CC(N3CCC(COc4cccc(C(O)O)c4)CC3)=NC2)sc2ccc(-c3ccccc3)cc12. The number of nitrogens with one attached hydrogen (secondary N) is 1. The number of rotatable bonds is 7. The monoisotopic (exact) mass is 581 g/mol. The number of benzene rings is 3. The summed E-state index contributed by atoms with van der Waals surface area (Å²) in [7, 11) is 0. The van der Waals surface area contributed by atoms with Gasteiger partial charge in [0, 0.05) is 23.4 Å². The van der Waals surface area contributed by atoms with E-state index in [-0.39, 0.29) is 11.9 Å². The first-order chi connectivity index (χ1) is 20.4. The summed E-state index contributed by atoms with van der Waals surface area (Å²) >= 11 is 1.54. The number of amidine groups is 1. The smallest absolute Gasteiger partial charge is 0.262 e. The van der Waals surface area contributed by atoms with Gasteiger partial charge in [0.25, 0.3) is 5.91 Å². The van der Waals surface area contributed by atoms with Gasteiger partial charge in [0.15, 0.2) is 6.29 Å². The summed E-state index contributed by atoms with van der Waals surface area (Å²) < 4.78 is 7.05. The molecule has 0 saturated carbocycles. The van der Waals surface area contributed by atoms with Crippen LogP contribution in [0.3, 0.4) is 0 Å². The highest BCUT2D eigenvalue weighted by atomic mass is 32.1. The van der Waals surface area contributed by atoms with Crippen LogP contribution in [-0.4, -0.2) is 59.1 Å². The van der Waals surface area contributed by atoms with Crippen LogP contribution in [0.25, 0.3) is 21.2 Å². The third kappa shape index (κ3) is 6.26. The molecule has 4 aromatic rings. The number of nitrogens with zero attached hydrogens (tertiary/aromatic N) is 2. The molecule has 0 bridgehead atoms. The lowest BCUT2D eigenvalue weighted by Crippen LogP contribution is -2.42. The van der Waals surface area contributed by atoms with Crippen molar-refractivity contribution in [1.82, 2.24) is 10.2 Å². The number of aliphatic imine (C=N–C) groups is 1. The number of fused-ring (bicyclic) bond motifs is 1. The number of hydrogen-bond acceptors (Lipinski definition) is 7. The van der Waals surface area contributed by atoms with E-state index in [1.54, 1.807) is 18.2 Å². The third-order valence-electron chi connectivity index (χ3n) is 8.07. The molecule has 2 aliphatic rings. The van der Waals surface area contributed by atoms with Crippen molar-refractivity contribution >= 4 is 33.2 Å². The maximum absolute atomic E-state index is 13.3. The fraction of sp³-hybridized carbons (Fsp3) is 0.294. The van der Waals surface area contributed by atoms with Crippen LogP contribution in [0.2, 0.25) is 0 Å². The lowest BCUT2D eigenvalue weighted by atomic mass is 9.97. The largest absolute Gasteiger partial charge is 0.493 e. The Morgan fingerprint density at radius 3 is 2.60 bits per heavy atom. The number of likely N-dealkylation sites (tertiary alicyclic amines) is 1. The molecule has 3 N–H and O–H groups in total. The molecule has 1 unspecified atom stereocenters. The zero-order valence-electron chi connectivity index (χ0n) is 23.6. The molecule has 8 heteroatoms. The van der Waals surface area contributed by atoms with Crippen LogP contribution in [0.5, 0.6) is 5.75 Å². The Morgan fingerprint density at radius 2 is 1.86 bits per heavy atom. The van der Waals surface area contributed by atoms with E-state index < -0.39 is 6.29 Å². The van der Waals surface area contributed by atoms with E-state index in [0.29, 0.717) is 30.4 Å². The van der Waals surface area contributed by atoms with Gasteiger partial charge in [0.05, 0.1) is 24.1 Å². The Morgan fingerprint density at radius 1 is 1.05 bits per heavy atom. The summed E-state index contributed by atoms with van der Waals surface area (Å²) in [5, 5.41) is 23.0. The first kappa shape index (κ1) is 28.2. The summed E-state index contributed by atoms with van der Waals surface area (Å²) in [5.41, 5.74) is 3.76. The lowest BCUT2D eigenvalue weighted by Gasteiger charge is -2.34. The summed E-state index contributed by atoms with van der Waals surface area (Å²) in [6.07, 6.45) is 4.57. The van der Waals surface area contributed by atoms with Crippen molar-refractivity contribution in [2.45, 2.75) is 32.1 Å². The standard InChI is InChI=1S/C34H35N3O4S/c1-22-29-19-25(24-6-3-2-4-7-24)10-12-30(29)42-32(22)33(38)36-27-11-13-31(35-20-27)37-16-14-23(15-17-37)21-41-28-9-5-8-26(18-28)34(39)40/h2-13,18-19,23,27,34,39-40H,14-17,20-21H2,1H3,(H,36,38). The van der Waals surface area contributed by atoms with Crippen molar-refractivity contribution in [3.63, 3.8) is 0 Å². The van der Waals surface area contributed by atoms with Crippen LogP contribution >= 0.6 is 11.3 Å². The molecular formula is C34H35N3O4S. The number of amides is 1. The maximum Gasteiger partial charge on any atom is 0.262 e. The van der Waals surface area contributed by atoms with E-state index >= 15 is 0 Å². The normalized spacial score (nSPS) is 17.5. The summed E-state index contributed by atoms with van der Waals surface area (Å²) in [5.74, 6) is 2.00. The van der Waals surface area contributed by atoms with E-state index in [9.17, 15) is 15.0 Å². The van der Waals surface area contributed by atoms with Gasteiger partial charge in [-0.25, -0.2) is 0 Å². The van der Waals surface area contributed by atoms with Crippen LogP contribution in [0.4, 0.5) is 0 Å². The second-order valence-corrected chi connectivity index (χ2v) is 12.0. The van der Waals surface area contributed by atoms with Crippen LogP contribution in [0.1, 0.15) is 39.9 Å². The second-order valence-electron chi connectivity index (χ2n) is 11.0. The van der Waals surface area contributed by atoms with Gasteiger partial charge in [-0.3, -0.25) is 9.79 Å². The molecule has 1 aromatic heterocycles. The summed E-state index contributed by atoms with van der Waals surface area (Å²) in [6.45, 7) is 4.95. The fourth-order valence-electron chi connectivity index (χ4n) is 5.60. The topological polar surface area (TPSA) is 94.4 Å². The number of piperidine rings is 1. The molecular weight excluding hydrogens is 546 g/mol. The third-order valence-corrected chi connectivity index (χ3v) is 9.35. The lowest BCUT2D eigenvalue weighted by molar-refractivity contribution is -0.0426. The molecule has 216 valence electrons. The van der Waals surface area contributed by atoms with Crippen LogP contribution < -0.4 is 10.1 Å². The summed E-state index contributed by atoms with van der Waals surface area (Å²) in [6, 6.07) is 23.5. The molecule has 3 heterocycles. The number of hydrogen-bond donors (Lipinski definition) is 3. The molecule has 42 heavy (non-hydrogen) atoms. The number of carbonyl (C=O) groups excluding carboxylic acids is 1. The molecule has 1 atom stereocenters. The van der Waals surface area contributed by atoms with Gasteiger partial charge < -0.3 is 25.2 Å². The molecule has 0 spiro atoms. The highest BCUT2D eigenvalue weighted by Crippen LogP contribution is 2.34. The molecule has 1 fully saturated rings. The highest BCUT2D eigenvalue weighted by molar-refractivity contribution is 7.21. The number of ether oxygens (including phenoxy) is 1. The van der Waals surface area contributed by atoms with Crippen molar-refractivity contribution in [1.29, 1.82) is 0 Å². The predicted molar refractivity (Wildman–Crippen MR) is 168 cm³/mol. The van der Waals surface area contributed by atoms with Crippen molar-refractivity contribution in [2.75, 3.05) is 26.2 Å². The van der Waals surface area contributed by atoms with Crippen LogP contribution in [0.15, 0.2) is 89.9 Å². The van der Waals surface area contributed by atoms with Crippen LogP contribution in [0, 0.1) is 12.8 Å². The molecule has 0 aliphatic carbocycles. The molecule has 2 aliphatic heterocycles. The highest BCUT2D eigenvalue weighted by Gasteiger charge is 2.24. The average molecular weight is 582 g/mol. The van der Waals surface area contributed by atoms with Crippen molar-refractivity contribution in [2.24, 2.45) is 10.9 Å². The van der Waals surface area contributed by atoms with E-state index in [1.807, 2.05) is 43.3 Å². The van der Waals surface area contributed by atoms with Crippen molar-refractivity contribution in [3.8, 4) is 16.9 Å². The van der Waals surface area contributed by atoms with Crippen molar-refractivity contribution in [3.05, 3.63) is 101 Å². The molecule has 0 radical (unpaired) electrons. The van der Waals surface area contributed by atoms with Crippen LogP contribution in [-0.2, 0) is 0 Å². The fourth-order valence-corrected chi connectivity index (χ4v) is 6.69. The quantitative estimate of drug-likeness (QED) is 0.243. The second kappa shape index (κ2) is 12.5. The van der Waals surface area contributed by atoms with Gasteiger partial charge in [0.1, 0.15) is 11.6 Å². The molecule has 6 rings (SSSR count). The molecule has 7 nitrogen and oxygen atoms in total. The average Bonchev–Trinajstić information content (AvgIpc) is 3.37. The van der Waals surface area contributed by atoms with Gasteiger partial charge in [-0.2, -0.15) is 0 Å². The number of aryl methyl sites for hydroxylation is 1. The minimum Gasteiger partial charge on any atom is -0.493 e. The van der Waals surface area contributed by atoms with Gasteiger partial charge in [-0.15, -0.1) is 11.3 Å². The Kier molecular flexibility index (Phi) is 8.37. The Labute approximate surface area is 249 Å². The number of aliphatic hydroxyl groups excluding tert-OH is 1. The maximum atomic E-state index is 13.3. The van der Waals surface area contributed by atoms with E-state index in [0.717, 1.165) is 57.9 Å². The summed E-state index contributed by atoms with van der Waals surface area (Å²) in [4.78, 5) is 21.1. The zero-order valence-corrected chi connectivity index (χ0v) is 24.4. The Balaban J connectivity index is 1.00. The number of aliphatic hydroxyl groups is 2. The van der Waals surface area contributed by atoms with Gasteiger partial charge in [0.2, 0.25) is 0 Å². The molecule has 1 saturated heterocycles. The van der Waals surface area contributed by atoms with E-state index in [2.05, 4.69) is 40.5 Å². The first-order valence-corrected chi connectivity index (χ1v) is 15.2. The minimum atomic E-state index is -1.50. The minimum absolute atomic E-state index is 0.0527. The van der Waals surface area contributed by atoms with E-state index in [4.69, 9.17) is 9.73 Å². The van der Waals surface area contributed by atoms with Crippen molar-refractivity contribution < 1.29 is 19.7 Å². The van der Waals surface area contributed by atoms with Gasteiger partial charge in [-0.05, 0) is 78.1 Å². The van der Waals surface area contributed by atoms with Gasteiger partial charge in [-0.1, -0.05) is 54.6 Å². The first-order valence-electron chi connectivity index (χ1n) is 14.4. The van der Waals surface area contributed by atoms with Gasteiger partial charge >= 0.3 is 0 Å². The molecule has 1 amide bonds. The number of carbonyl (C=O) groups is 1. The predicted octanol–water partition coefficient (Wildman–Crippen LogP) is 5.72.